The molecule has 0 unspecified atom stereocenters. The summed E-state index contributed by atoms with van der Waals surface area (Å²) in [4.78, 5) is 4.17. The second-order valence-electron chi connectivity index (χ2n) is 4.35. The molecule has 0 bridgehead atoms. The van der Waals surface area contributed by atoms with Crippen LogP contribution in [0.2, 0.25) is 0 Å². The van der Waals surface area contributed by atoms with Gasteiger partial charge in [-0.1, -0.05) is 20.8 Å². The summed E-state index contributed by atoms with van der Waals surface area (Å²) in [5.74, 6) is 1.38. The van der Waals surface area contributed by atoms with E-state index in [9.17, 15) is 0 Å². The zero-order valence-electron chi connectivity index (χ0n) is 12.9. The number of pyridine rings is 1. The number of rotatable bonds is 11. The molecule has 21 heavy (non-hydrogen) atoms. The van der Waals surface area contributed by atoms with E-state index in [1.807, 2.05) is 20.8 Å². The normalized spacial score (nSPS) is 10.1. The minimum absolute atomic E-state index is 0.230. The van der Waals surface area contributed by atoms with Crippen molar-refractivity contribution in [1.29, 1.82) is 0 Å². The molecule has 0 aliphatic carbocycles. The maximum absolute atomic E-state index is 8.96. The van der Waals surface area contributed by atoms with Crippen molar-refractivity contribution in [3.05, 3.63) is 6.20 Å². The van der Waals surface area contributed by atoms with Gasteiger partial charge in [0.1, 0.15) is 0 Å². The lowest BCUT2D eigenvalue weighted by Gasteiger charge is -2.18. The van der Waals surface area contributed by atoms with E-state index < -0.39 is 0 Å². The molecule has 0 aliphatic heterocycles. The van der Waals surface area contributed by atoms with Gasteiger partial charge >= 0.3 is 7.69 Å². The third kappa shape index (κ3) is 5.34. The molecule has 1 N–H and O–H groups in total. The Morgan fingerprint density at radius 2 is 1.57 bits per heavy atom. The van der Waals surface area contributed by atoms with Crippen molar-refractivity contribution in [3.8, 4) is 23.1 Å². The molecule has 0 saturated carbocycles. The van der Waals surface area contributed by atoms with Crippen molar-refractivity contribution in [2.24, 2.45) is 0 Å². The average Bonchev–Trinajstić information content (AvgIpc) is 2.51. The highest BCUT2D eigenvalue weighted by Gasteiger charge is 2.20. The van der Waals surface area contributed by atoms with Gasteiger partial charge in [0.15, 0.2) is 5.75 Å². The van der Waals surface area contributed by atoms with E-state index in [4.69, 9.17) is 23.9 Å². The Morgan fingerprint density at radius 1 is 0.952 bits per heavy atom. The summed E-state index contributed by atoms with van der Waals surface area (Å²) in [7, 11) is 0.582. The van der Waals surface area contributed by atoms with Gasteiger partial charge in [0, 0.05) is 0 Å². The monoisotopic (exact) mass is 296 g/mol. The molecule has 1 rings (SSSR count). The van der Waals surface area contributed by atoms with Crippen molar-refractivity contribution in [2.45, 2.75) is 40.0 Å². The molecule has 1 aromatic rings. The largest absolute Gasteiger partial charge is 0.569 e. The highest BCUT2D eigenvalue weighted by Crippen LogP contribution is 2.42. The zero-order valence-corrected chi connectivity index (χ0v) is 12.9. The Labute approximate surface area is 126 Å². The Hall–Kier alpha value is -1.63. The van der Waals surface area contributed by atoms with E-state index in [1.165, 1.54) is 0 Å². The van der Waals surface area contributed by atoms with Crippen LogP contribution in [0.1, 0.15) is 40.0 Å². The molecular formula is C14H23BNO5. The van der Waals surface area contributed by atoms with Gasteiger partial charge in [-0.05, 0) is 19.3 Å². The lowest BCUT2D eigenvalue weighted by atomic mass is 10.3. The summed E-state index contributed by atoms with van der Waals surface area (Å²) in [6, 6.07) is 0. The topological polar surface area (TPSA) is 70.0 Å². The third-order valence-corrected chi connectivity index (χ3v) is 2.45. The third-order valence-electron chi connectivity index (χ3n) is 2.45. The van der Waals surface area contributed by atoms with Crippen LogP contribution in [0.4, 0.5) is 0 Å². The van der Waals surface area contributed by atoms with Gasteiger partial charge < -0.3 is 23.9 Å². The quantitative estimate of drug-likeness (QED) is 0.632. The molecule has 0 amide bonds. The number of aromatic nitrogens is 1. The molecular weight excluding hydrogens is 273 g/mol. The zero-order chi connectivity index (χ0) is 15.5. The number of hydrogen-bond acceptors (Lipinski definition) is 6. The van der Waals surface area contributed by atoms with E-state index in [-0.39, 0.29) is 11.6 Å². The standard InChI is InChI=1S/C14H23BNO5/c1-4-7-18-11-10-16-14(20-9-6-3)13(21-15-17)12(11)19-8-5-2/h10,17H,4-9H2,1-3H3. The summed E-state index contributed by atoms with van der Waals surface area (Å²) in [6.07, 6.45) is 4.09. The average molecular weight is 296 g/mol. The van der Waals surface area contributed by atoms with Crippen LogP contribution in [-0.2, 0) is 0 Å². The van der Waals surface area contributed by atoms with Crippen LogP contribution >= 0.6 is 0 Å². The lowest BCUT2D eigenvalue weighted by molar-refractivity contribution is 0.246. The molecule has 1 heterocycles. The van der Waals surface area contributed by atoms with Crippen LogP contribution in [0.3, 0.4) is 0 Å². The minimum atomic E-state index is 0.230. The van der Waals surface area contributed by atoms with Crippen LogP contribution in [0.25, 0.3) is 0 Å². The van der Waals surface area contributed by atoms with Gasteiger partial charge in [-0.2, -0.15) is 0 Å². The van der Waals surface area contributed by atoms with Gasteiger partial charge in [-0.3, -0.25) is 0 Å². The molecule has 0 aromatic carbocycles. The summed E-state index contributed by atoms with van der Waals surface area (Å²) in [5, 5.41) is 8.96. The second kappa shape index (κ2) is 10.2. The predicted molar refractivity (Wildman–Crippen MR) is 80.2 cm³/mol. The highest BCUT2D eigenvalue weighted by molar-refractivity contribution is 6.17. The van der Waals surface area contributed by atoms with Crippen molar-refractivity contribution < 1.29 is 23.9 Å². The van der Waals surface area contributed by atoms with Crippen LogP contribution < -0.4 is 18.9 Å². The molecule has 0 atom stereocenters. The van der Waals surface area contributed by atoms with Crippen molar-refractivity contribution in [1.82, 2.24) is 4.98 Å². The smallest absolute Gasteiger partial charge is 0.531 e. The van der Waals surface area contributed by atoms with Crippen LogP contribution in [0.5, 0.6) is 23.1 Å². The number of hydrogen-bond donors (Lipinski definition) is 1. The Morgan fingerprint density at radius 3 is 2.19 bits per heavy atom. The van der Waals surface area contributed by atoms with Crippen LogP contribution in [0.15, 0.2) is 6.20 Å². The summed E-state index contributed by atoms with van der Waals surface area (Å²) < 4.78 is 21.9. The van der Waals surface area contributed by atoms with Gasteiger partial charge in [0.2, 0.25) is 11.5 Å². The highest BCUT2D eigenvalue weighted by atomic mass is 16.6. The first kappa shape index (κ1) is 17.4. The maximum atomic E-state index is 8.96. The first-order valence-corrected chi connectivity index (χ1v) is 7.32. The molecule has 0 saturated heterocycles. The minimum Gasteiger partial charge on any atom is -0.531 e. The fourth-order valence-electron chi connectivity index (χ4n) is 1.56. The van der Waals surface area contributed by atoms with Crippen molar-refractivity contribution >= 4 is 7.69 Å². The Balaban J connectivity index is 3.10. The van der Waals surface area contributed by atoms with Gasteiger partial charge in [-0.25, -0.2) is 4.98 Å². The first-order valence-electron chi connectivity index (χ1n) is 7.32. The summed E-state index contributed by atoms with van der Waals surface area (Å²) in [5.41, 5.74) is 0. The molecule has 0 aliphatic rings. The molecule has 7 heteroatoms. The number of nitrogens with zero attached hydrogens (tertiary/aromatic N) is 1. The Bertz CT molecular complexity index is 417. The fraction of sp³-hybridized carbons (Fsp3) is 0.643. The molecule has 6 nitrogen and oxygen atoms in total. The molecule has 1 radical (unpaired) electrons. The van der Waals surface area contributed by atoms with Crippen molar-refractivity contribution in [2.75, 3.05) is 19.8 Å². The van der Waals surface area contributed by atoms with Gasteiger partial charge in [0.05, 0.1) is 26.0 Å². The summed E-state index contributed by atoms with van der Waals surface area (Å²) in [6.45, 7) is 7.55. The van der Waals surface area contributed by atoms with Gasteiger partial charge in [-0.15, -0.1) is 0 Å². The number of ether oxygens (including phenoxy) is 3. The lowest BCUT2D eigenvalue weighted by Crippen LogP contribution is -2.10. The second-order valence-corrected chi connectivity index (χ2v) is 4.35. The van der Waals surface area contributed by atoms with E-state index >= 15 is 0 Å². The van der Waals surface area contributed by atoms with E-state index in [0.717, 1.165) is 19.3 Å². The summed E-state index contributed by atoms with van der Waals surface area (Å²) >= 11 is 0. The van der Waals surface area contributed by atoms with Gasteiger partial charge in [0.25, 0.3) is 5.88 Å². The van der Waals surface area contributed by atoms with E-state index in [2.05, 4.69) is 4.98 Å². The van der Waals surface area contributed by atoms with Crippen LogP contribution in [-0.4, -0.2) is 37.5 Å². The molecule has 0 fully saturated rings. The predicted octanol–water partition coefficient (Wildman–Crippen LogP) is 2.35. The maximum Gasteiger partial charge on any atom is 0.569 e. The SMILES string of the molecule is CCCOc1cnc(OCCC)c(O[B]O)c1OCCC. The molecule has 1 aromatic heterocycles. The molecule has 0 spiro atoms. The Kier molecular flexibility index (Phi) is 8.42. The first-order chi connectivity index (χ1) is 10.3. The van der Waals surface area contributed by atoms with E-state index in [1.54, 1.807) is 6.20 Å². The fourth-order valence-corrected chi connectivity index (χ4v) is 1.56. The molecule has 117 valence electrons. The van der Waals surface area contributed by atoms with Crippen LogP contribution in [0, 0.1) is 0 Å². The van der Waals surface area contributed by atoms with Crippen molar-refractivity contribution in [3.63, 3.8) is 0 Å². The van der Waals surface area contributed by atoms with E-state index in [0.29, 0.717) is 39.0 Å².